The van der Waals surface area contributed by atoms with E-state index in [1.807, 2.05) is 0 Å². The van der Waals surface area contributed by atoms with Crippen molar-refractivity contribution in [2.45, 2.75) is 45.2 Å². The Kier molecular flexibility index (Phi) is 3.15. The summed E-state index contributed by atoms with van der Waals surface area (Å²) in [5.41, 5.74) is 2.87. The van der Waals surface area contributed by atoms with E-state index < -0.39 is 0 Å². The van der Waals surface area contributed by atoms with Crippen LogP contribution in [0, 0.1) is 5.92 Å². The third-order valence-electron chi connectivity index (χ3n) is 4.16. The van der Waals surface area contributed by atoms with Gasteiger partial charge in [-0.3, -0.25) is 0 Å². The van der Waals surface area contributed by atoms with Gasteiger partial charge in [-0.2, -0.15) is 0 Å². The third-order valence-corrected chi connectivity index (χ3v) is 4.62. The van der Waals surface area contributed by atoms with Crippen LogP contribution in [0.15, 0.2) is 16.6 Å². The zero-order chi connectivity index (χ0) is 12.8. The van der Waals surface area contributed by atoms with Crippen molar-refractivity contribution in [1.29, 1.82) is 0 Å². The molecular weight excluding hydrogens is 290 g/mol. The van der Waals surface area contributed by atoms with Gasteiger partial charge in [0.1, 0.15) is 5.75 Å². The van der Waals surface area contributed by atoms with Gasteiger partial charge in [0.25, 0.3) is 0 Å². The second-order valence-electron chi connectivity index (χ2n) is 6.00. The van der Waals surface area contributed by atoms with Crippen molar-refractivity contribution >= 4 is 15.9 Å². The molecule has 3 rings (SSSR count). The molecule has 1 heterocycles. The fraction of sp³-hybridized carbons (Fsp3) is 0.600. The highest BCUT2D eigenvalue weighted by Gasteiger charge is 2.37. The lowest BCUT2D eigenvalue weighted by Crippen LogP contribution is -2.40. The molecule has 0 spiro atoms. The summed E-state index contributed by atoms with van der Waals surface area (Å²) >= 11 is 3.59. The fourth-order valence-electron chi connectivity index (χ4n) is 2.75. The van der Waals surface area contributed by atoms with Crippen molar-refractivity contribution < 1.29 is 4.74 Å². The van der Waals surface area contributed by atoms with Gasteiger partial charge in [-0.1, -0.05) is 15.9 Å². The molecule has 2 nitrogen and oxygen atoms in total. The van der Waals surface area contributed by atoms with E-state index in [0.717, 1.165) is 35.7 Å². The van der Waals surface area contributed by atoms with Crippen LogP contribution in [0.5, 0.6) is 5.75 Å². The van der Waals surface area contributed by atoms with Crippen molar-refractivity contribution in [3.8, 4) is 5.75 Å². The summed E-state index contributed by atoms with van der Waals surface area (Å²) in [4.78, 5) is 0. The molecular formula is C15H20BrNO. The molecule has 1 aliphatic carbocycles. The molecule has 1 fully saturated rings. The number of hydrogen-bond acceptors (Lipinski definition) is 2. The first-order valence-electron chi connectivity index (χ1n) is 6.75. The summed E-state index contributed by atoms with van der Waals surface area (Å²) in [6.45, 7) is 6.34. The third kappa shape index (κ3) is 2.43. The molecule has 0 radical (unpaired) electrons. The Hall–Kier alpha value is -0.540. The number of rotatable bonds is 4. The summed E-state index contributed by atoms with van der Waals surface area (Å²) < 4.78 is 6.93. The summed E-state index contributed by atoms with van der Waals surface area (Å²) in [5, 5.41) is 3.69. The SMILES string of the molecule is CC(C)(NCc1cc(Br)cc2c1OCC2)C1CC1. The minimum atomic E-state index is 0.244. The van der Waals surface area contributed by atoms with E-state index in [4.69, 9.17) is 4.74 Å². The van der Waals surface area contributed by atoms with Crippen LogP contribution < -0.4 is 10.1 Å². The van der Waals surface area contributed by atoms with Crippen LogP contribution in [0.2, 0.25) is 0 Å². The quantitative estimate of drug-likeness (QED) is 0.916. The molecule has 2 aliphatic rings. The number of benzene rings is 1. The standard InChI is InChI=1S/C15H20BrNO/c1-15(2,12-3-4-12)17-9-11-8-13(16)7-10-5-6-18-14(10)11/h7-8,12,17H,3-6,9H2,1-2H3. The summed E-state index contributed by atoms with van der Waals surface area (Å²) in [6, 6.07) is 4.36. The Balaban J connectivity index is 1.76. The molecule has 1 aromatic carbocycles. The molecule has 1 saturated carbocycles. The van der Waals surface area contributed by atoms with Gasteiger partial charge in [0.2, 0.25) is 0 Å². The summed E-state index contributed by atoms with van der Waals surface area (Å²) in [7, 11) is 0. The highest BCUT2D eigenvalue weighted by atomic mass is 79.9. The average molecular weight is 310 g/mol. The number of hydrogen-bond donors (Lipinski definition) is 1. The normalized spacial score (nSPS) is 18.6. The zero-order valence-corrected chi connectivity index (χ0v) is 12.6. The minimum absolute atomic E-state index is 0.244. The van der Waals surface area contributed by atoms with Gasteiger partial charge in [-0.25, -0.2) is 0 Å². The second kappa shape index (κ2) is 4.53. The van der Waals surface area contributed by atoms with E-state index in [9.17, 15) is 0 Å². The molecule has 3 heteroatoms. The van der Waals surface area contributed by atoms with Crippen LogP contribution in [0.4, 0.5) is 0 Å². The number of nitrogens with one attached hydrogen (secondary N) is 1. The Labute approximate surface area is 117 Å². The van der Waals surface area contributed by atoms with Crippen LogP contribution in [0.1, 0.15) is 37.8 Å². The number of halogens is 1. The van der Waals surface area contributed by atoms with Crippen molar-refractivity contribution in [1.82, 2.24) is 5.32 Å². The molecule has 0 unspecified atom stereocenters. The molecule has 0 bridgehead atoms. The number of fused-ring (bicyclic) bond motifs is 1. The van der Waals surface area contributed by atoms with Crippen LogP contribution in [0.3, 0.4) is 0 Å². The molecule has 1 N–H and O–H groups in total. The topological polar surface area (TPSA) is 21.3 Å². The van der Waals surface area contributed by atoms with E-state index in [1.165, 1.54) is 24.0 Å². The average Bonchev–Trinajstić information content (AvgIpc) is 3.07. The maximum Gasteiger partial charge on any atom is 0.127 e. The molecule has 98 valence electrons. The molecule has 0 saturated heterocycles. The molecule has 0 atom stereocenters. The Bertz CT molecular complexity index is 466. The summed E-state index contributed by atoms with van der Waals surface area (Å²) in [5.74, 6) is 1.95. The lowest BCUT2D eigenvalue weighted by Gasteiger charge is -2.26. The highest BCUT2D eigenvalue weighted by Crippen LogP contribution is 2.40. The minimum Gasteiger partial charge on any atom is -0.493 e. The Morgan fingerprint density at radius 3 is 2.89 bits per heavy atom. The lowest BCUT2D eigenvalue weighted by atomic mass is 9.98. The van der Waals surface area contributed by atoms with Gasteiger partial charge in [-0.15, -0.1) is 0 Å². The first kappa shape index (κ1) is 12.5. The van der Waals surface area contributed by atoms with Crippen molar-refractivity contribution in [3.63, 3.8) is 0 Å². The largest absolute Gasteiger partial charge is 0.493 e. The van der Waals surface area contributed by atoms with E-state index in [2.05, 4.69) is 47.2 Å². The predicted octanol–water partition coefficient (Wildman–Crippen LogP) is 3.66. The van der Waals surface area contributed by atoms with Gasteiger partial charge in [-0.05, 0) is 50.3 Å². The van der Waals surface area contributed by atoms with E-state index >= 15 is 0 Å². The van der Waals surface area contributed by atoms with Crippen molar-refractivity contribution in [2.24, 2.45) is 5.92 Å². The fourth-order valence-corrected chi connectivity index (χ4v) is 3.30. The Morgan fingerprint density at radius 2 is 2.17 bits per heavy atom. The first-order chi connectivity index (χ1) is 8.56. The van der Waals surface area contributed by atoms with Crippen LogP contribution in [-0.2, 0) is 13.0 Å². The smallest absolute Gasteiger partial charge is 0.127 e. The van der Waals surface area contributed by atoms with E-state index in [0.29, 0.717) is 0 Å². The highest BCUT2D eigenvalue weighted by molar-refractivity contribution is 9.10. The van der Waals surface area contributed by atoms with Gasteiger partial charge in [0, 0.05) is 28.5 Å². The Morgan fingerprint density at radius 1 is 1.39 bits per heavy atom. The maximum absolute atomic E-state index is 5.77. The summed E-state index contributed by atoms with van der Waals surface area (Å²) in [6.07, 6.45) is 3.77. The van der Waals surface area contributed by atoms with Gasteiger partial charge in [0.05, 0.1) is 6.61 Å². The van der Waals surface area contributed by atoms with Gasteiger partial charge >= 0.3 is 0 Å². The first-order valence-corrected chi connectivity index (χ1v) is 7.55. The number of ether oxygens (including phenoxy) is 1. The van der Waals surface area contributed by atoms with E-state index in [1.54, 1.807) is 0 Å². The van der Waals surface area contributed by atoms with Crippen LogP contribution in [-0.4, -0.2) is 12.1 Å². The zero-order valence-electron chi connectivity index (χ0n) is 11.1. The maximum atomic E-state index is 5.77. The van der Waals surface area contributed by atoms with Crippen molar-refractivity contribution in [2.75, 3.05) is 6.61 Å². The van der Waals surface area contributed by atoms with Gasteiger partial charge < -0.3 is 10.1 Å². The van der Waals surface area contributed by atoms with Crippen LogP contribution >= 0.6 is 15.9 Å². The van der Waals surface area contributed by atoms with Crippen molar-refractivity contribution in [3.05, 3.63) is 27.7 Å². The van der Waals surface area contributed by atoms with Crippen LogP contribution in [0.25, 0.3) is 0 Å². The molecule has 1 aliphatic heterocycles. The van der Waals surface area contributed by atoms with Gasteiger partial charge in [0.15, 0.2) is 0 Å². The monoisotopic (exact) mass is 309 g/mol. The predicted molar refractivity (Wildman–Crippen MR) is 77.0 cm³/mol. The van der Waals surface area contributed by atoms with E-state index in [-0.39, 0.29) is 5.54 Å². The molecule has 0 aromatic heterocycles. The second-order valence-corrected chi connectivity index (χ2v) is 6.92. The molecule has 18 heavy (non-hydrogen) atoms. The molecule has 0 amide bonds. The molecule has 1 aromatic rings. The lowest BCUT2D eigenvalue weighted by molar-refractivity contribution is 0.327.